The molecule has 2 aliphatic rings. The number of pyridine rings is 1. The summed E-state index contributed by atoms with van der Waals surface area (Å²) in [6, 6.07) is 94.2. The second kappa shape index (κ2) is 20.3. The topological polar surface area (TPSA) is 33.5 Å². The normalized spacial score (nSPS) is 14.1. The number of benzene rings is 10. The van der Waals surface area contributed by atoms with Gasteiger partial charge in [-0.25, -0.2) is 4.98 Å². The smallest absolute Gasteiger partial charge is 0.135 e. The quantitative estimate of drug-likeness (QED) is 0.128. The van der Waals surface area contributed by atoms with Crippen molar-refractivity contribution in [3.8, 4) is 84.1 Å². The zero-order valence-corrected chi connectivity index (χ0v) is 47.1. The third-order valence-corrected chi connectivity index (χ3v) is 16.6. The molecule has 390 valence electrons. The third-order valence-electron chi connectivity index (χ3n) is 16.6. The van der Waals surface area contributed by atoms with E-state index in [-0.39, 0.29) is 31.9 Å². The van der Waals surface area contributed by atoms with Crippen LogP contribution in [-0.2, 0) is 26.5 Å². The van der Waals surface area contributed by atoms with Crippen LogP contribution < -0.4 is 14.5 Å². The summed E-state index contributed by atoms with van der Waals surface area (Å²) in [7, 11) is 0. The van der Waals surface area contributed by atoms with Crippen molar-refractivity contribution in [1.29, 1.82) is 0 Å². The molecule has 0 unspecified atom stereocenters. The van der Waals surface area contributed by atoms with Crippen LogP contribution in [0.15, 0.2) is 261 Å². The summed E-state index contributed by atoms with van der Waals surface area (Å²) in [6.45, 7) is 11.7. The molecule has 0 aliphatic carbocycles. The van der Waals surface area contributed by atoms with Gasteiger partial charge in [-0.1, -0.05) is 203 Å². The Morgan fingerprint density at radius 1 is 0.438 bits per heavy atom. The molecule has 4 heterocycles. The Balaban J connectivity index is 0.00000605. The van der Waals surface area contributed by atoms with Crippen molar-refractivity contribution >= 4 is 33.2 Å². The number of hydrogen-bond donors (Lipinski definition) is 0. The van der Waals surface area contributed by atoms with Crippen LogP contribution in [0.2, 0.25) is 0 Å². The standard InChI is InChI=1S/C74H55N4O.Pt/c1-73(2)66-38-36-61(79-60-35-37-65-64-30-17-18-33-67(64)78(68(65)46-60)71-34-19-20-39-75-71)47-69(66)77-49-76(48-70(77)74(73,3)4)72-62(58-42-54(50-22-9-5-10-23-50)40-55(43-58)51-24-11-6-12-25-51)31-21-32-63(72)59-44-56(52-26-13-7-14-27-52)41-57(45-59)53-28-15-8-16-29-53;/h5-45,48-49H,1-4H3;/q-3;. The molecule has 5 nitrogen and oxygen atoms in total. The van der Waals surface area contributed by atoms with Gasteiger partial charge in [-0.3, -0.25) is 0 Å². The van der Waals surface area contributed by atoms with Crippen LogP contribution in [0.25, 0.3) is 94.4 Å². The number of aromatic nitrogens is 2. The molecule has 0 saturated carbocycles. The number of hydrogen-bond acceptors (Lipinski definition) is 4. The minimum absolute atomic E-state index is 0. The largest absolute Gasteiger partial charge is 0.509 e. The number of ether oxygens (including phenoxy) is 1. The summed E-state index contributed by atoms with van der Waals surface area (Å²) in [5.41, 5.74) is 19.4. The maximum atomic E-state index is 6.85. The van der Waals surface area contributed by atoms with E-state index in [2.05, 4.69) is 285 Å². The molecule has 80 heavy (non-hydrogen) atoms. The average molecular weight is 1210 g/mol. The van der Waals surface area contributed by atoms with Crippen LogP contribution >= 0.6 is 0 Å². The average Bonchev–Trinajstić information content (AvgIpc) is 4.18. The van der Waals surface area contributed by atoms with Gasteiger partial charge in [-0.15, -0.1) is 41.9 Å². The van der Waals surface area contributed by atoms with E-state index in [4.69, 9.17) is 9.72 Å². The van der Waals surface area contributed by atoms with E-state index in [1.807, 2.05) is 30.5 Å². The van der Waals surface area contributed by atoms with Crippen LogP contribution in [0.4, 0.5) is 11.4 Å². The minimum Gasteiger partial charge on any atom is -0.509 e. The summed E-state index contributed by atoms with van der Waals surface area (Å²) in [5, 5.41) is 2.22. The van der Waals surface area contributed by atoms with Crippen LogP contribution in [0.1, 0.15) is 33.3 Å². The molecule has 0 N–H and O–H groups in total. The Bertz CT molecular complexity index is 4040. The molecule has 0 amide bonds. The first-order valence-corrected chi connectivity index (χ1v) is 27.1. The maximum Gasteiger partial charge on any atom is 0.135 e. The predicted molar refractivity (Wildman–Crippen MR) is 326 cm³/mol. The van der Waals surface area contributed by atoms with E-state index in [1.54, 1.807) is 0 Å². The van der Waals surface area contributed by atoms with E-state index in [1.165, 1.54) is 5.56 Å². The van der Waals surface area contributed by atoms with Crippen LogP contribution in [0, 0.1) is 24.2 Å². The fourth-order valence-electron chi connectivity index (χ4n) is 11.9. The zero-order valence-electron chi connectivity index (χ0n) is 44.8. The molecule has 2 aromatic heterocycles. The number of nitrogens with zero attached hydrogens (tertiary/aromatic N) is 4. The van der Waals surface area contributed by atoms with Gasteiger partial charge in [-0.2, -0.15) is 12.1 Å². The van der Waals surface area contributed by atoms with E-state index in [9.17, 15) is 0 Å². The molecule has 6 heteroatoms. The molecule has 0 atom stereocenters. The van der Waals surface area contributed by atoms with E-state index in [0.29, 0.717) is 11.5 Å². The Morgan fingerprint density at radius 3 is 1.46 bits per heavy atom. The van der Waals surface area contributed by atoms with Gasteiger partial charge in [0, 0.05) is 72.2 Å². The van der Waals surface area contributed by atoms with Crippen molar-refractivity contribution in [3.05, 3.63) is 285 Å². The number of allylic oxidation sites excluding steroid dienone is 1. The van der Waals surface area contributed by atoms with Gasteiger partial charge in [0.1, 0.15) is 5.82 Å². The van der Waals surface area contributed by atoms with Crippen LogP contribution in [-0.4, -0.2) is 9.55 Å². The second-order valence-electron chi connectivity index (χ2n) is 21.7. The number of fused-ring (bicyclic) bond motifs is 6. The fourth-order valence-corrected chi connectivity index (χ4v) is 11.9. The monoisotopic (exact) mass is 1210 g/mol. The molecule has 14 rings (SSSR count). The number of rotatable bonds is 10. The summed E-state index contributed by atoms with van der Waals surface area (Å²) in [5.74, 6) is 2.03. The Hall–Kier alpha value is -9.02. The van der Waals surface area contributed by atoms with E-state index < -0.39 is 0 Å². The van der Waals surface area contributed by atoms with Gasteiger partial charge < -0.3 is 19.1 Å². The van der Waals surface area contributed by atoms with Gasteiger partial charge in [0.25, 0.3) is 0 Å². The van der Waals surface area contributed by atoms with Gasteiger partial charge in [0.2, 0.25) is 0 Å². The van der Waals surface area contributed by atoms with Crippen molar-refractivity contribution in [2.24, 2.45) is 5.41 Å². The van der Waals surface area contributed by atoms with Gasteiger partial charge in [0.15, 0.2) is 0 Å². The molecular formula is C74H55N4OPt-3. The summed E-state index contributed by atoms with van der Waals surface area (Å²) < 4.78 is 9.01. The van der Waals surface area contributed by atoms with Crippen molar-refractivity contribution in [3.63, 3.8) is 0 Å². The van der Waals surface area contributed by atoms with E-state index >= 15 is 0 Å². The second-order valence-corrected chi connectivity index (χ2v) is 21.7. The first-order chi connectivity index (χ1) is 38.7. The molecule has 0 radical (unpaired) electrons. The summed E-state index contributed by atoms with van der Waals surface area (Å²) >= 11 is 0. The van der Waals surface area contributed by atoms with Crippen LogP contribution in [0.5, 0.6) is 11.5 Å². The Morgan fingerprint density at radius 2 is 0.925 bits per heavy atom. The molecule has 0 spiro atoms. The molecular weight excluding hydrogens is 1160 g/mol. The zero-order chi connectivity index (χ0) is 53.2. The SMILES string of the molecule is CC1(C)C2=CN(c3c(-c4cc(-c5ccccc5)cc(-c5ccccc5)c4)cccc3-c3cc(-c4ccccc4)cc(-c4ccccc4)c3)[CH-]N2c2[c-]c(Oc3[c-]c4c(cc3)c3ccccc3n4-c3ccccn3)ccc2C1(C)C.[Pt]. The Labute approximate surface area is 483 Å². The molecule has 10 aromatic carbocycles. The first-order valence-electron chi connectivity index (χ1n) is 27.1. The summed E-state index contributed by atoms with van der Waals surface area (Å²) in [4.78, 5) is 9.48. The number of para-hydroxylation sites is 2. The van der Waals surface area contributed by atoms with Gasteiger partial charge in [0.05, 0.1) is 0 Å². The molecule has 0 bridgehead atoms. The number of anilines is 2. The van der Waals surface area contributed by atoms with Crippen molar-refractivity contribution in [2.75, 3.05) is 9.80 Å². The minimum atomic E-state index is -0.324. The van der Waals surface area contributed by atoms with E-state index in [0.717, 1.165) is 111 Å². The predicted octanol–water partition coefficient (Wildman–Crippen LogP) is 19.2. The molecule has 0 fully saturated rings. The maximum absolute atomic E-state index is 6.85. The van der Waals surface area contributed by atoms with Crippen molar-refractivity contribution in [2.45, 2.75) is 33.1 Å². The van der Waals surface area contributed by atoms with Gasteiger partial charge in [-0.05, 0) is 127 Å². The molecule has 2 aliphatic heterocycles. The molecule has 12 aromatic rings. The molecule has 0 saturated heterocycles. The van der Waals surface area contributed by atoms with Crippen molar-refractivity contribution < 1.29 is 25.8 Å². The van der Waals surface area contributed by atoms with Crippen molar-refractivity contribution in [1.82, 2.24) is 9.55 Å². The van der Waals surface area contributed by atoms with Gasteiger partial charge >= 0.3 is 0 Å². The fraction of sp³-hybridized carbons (Fsp3) is 0.0811. The Kier molecular flexibility index (Phi) is 12.8. The van der Waals surface area contributed by atoms with Crippen LogP contribution in [0.3, 0.4) is 0 Å². The summed E-state index contributed by atoms with van der Waals surface area (Å²) in [6.07, 6.45) is 4.20. The third kappa shape index (κ3) is 8.74. The first kappa shape index (κ1) is 50.5.